The molecule has 1 aliphatic rings. The van der Waals surface area contributed by atoms with Crippen molar-refractivity contribution in [2.45, 2.75) is 20.3 Å². The molecular formula is C22H21ClN2O4S. The van der Waals surface area contributed by atoms with Gasteiger partial charge in [-0.15, -0.1) is 0 Å². The molecule has 0 atom stereocenters. The Morgan fingerprint density at radius 2 is 1.87 bits per heavy atom. The molecule has 0 aromatic heterocycles. The number of hydrogen-bond acceptors (Lipinski definition) is 5. The number of nitrogens with zero attached hydrogens (tertiary/aromatic N) is 1. The van der Waals surface area contributed by atoms with Crippen molar-refractivity contribution < 1.29 is 19.1 Å². The van der Waals surface area contributed by atoms with Crippen LogP contribution in [0.5, 0.6) is 11.5 Å². The number of benzene rings is 2. The van der Waals surface area contributed by atoms with Crippen molar-refractivity contribution in [3.05, 3.63) is 58.1 Å². The van der Waals surface area contributed by atoms with E-state index in [0.717, 1.165) is 12.0 Å². The highest BCUT2D eigenvalue weighted by Gasteiger charge is 2.34. The first-order valence-corrected chi connectivity index (χ1v) is 10.2. The second-order valence-corrected chi connectivity index (χ2v) is 7.24. The van der Waals surface area contributed by atoms with Crippen molar-refractivity contribution in [3.8, 4) is 11.5 Å². The molecule has 2 aromatic carbocycles. The van der Waals surface area contributed by atoms with E-state index in [9.17, 15) is 9.59 Å². The standard InChI is InChI=1S/C22H21ClN2O4S/c1-4-13-6-8-15(9-7-13)25-21(27)16(20(26)24-22(25)30)10-14-11-17(23)19(28-3)18(12-14)29-5-2/h6-12H,4-5H2,1-3H3,(H,24,26,30)/b16-10+. The number of carbonyl (C=O) groups excluding carboxylic acids is 2. The number of halogens is 1. The van der Waals surface area contributed by atoms with Crippen LogP contribution in [0.1, 0.15) is 25.0 Å². The average Bonchev–Trinajstić information content (AvgIpc) is 2.71. The van der Waals surface area contributed by atoms with Gasteiger partial charge in [0.15, 0.2) is 16.6 Å². The molecule has 6 nitrogen and oxygen atoms in total. The quantitative estimate of drug-likeness (QED) is 0.412. The average molecular weight is 445 g/mol. The van der Waals surface area contributed by atoms with Crippen molar-refractivity contribution in [1.29, 1.82) is 0 Å². The molecule has 1 fully saturated rings. The van der Waals surface area contributed by atoms with Crippen LogP contribution in [-0.2, 0) is 16.0 Å². The molecule has 8 heteroatoms. The number of rotatable bonds is 6. The number of anilines is 1. The molecule has 0 aliphatic carbocycles. The van der Waals surface area contributed by atoms with Gasteiger partial charge < -0.3 is 9.47 Å². The minimum Gasteiger partial charge on any atom is -0.491 e. The smallest absolute Gasteiger partial charge is 0.270 e. The first kappa shape index (κ1) is 21.8. The van der Waals surface area contributed by atoms with Gasteiger partial charge in [-0.3, -0.25) is 19.8 Å². The van der Waals surface area contributed by atoms with Crippen LogP contribution < -0.4 is 19.7 Å². The van der Waals surface area contributed by atoms with Crippen LogP contribution in [-0.4, -0.2) is 30.6 Å². The number of ether oxygens (including phenoxy) is 2. The molecule has 0 spiro atoms. The van der Waals surface area contributed by atoms with E-state index in [1.165, 1.54) is 18.1 Å². The lowest BCUT2D eigenvalue weighted by Gasteiger charge is -2.29. The summed E-state index contributed by atoms with van der Waals surface area (Å²) in [5, 5.41) is 2.92. The summed E-state index contributed by atoms with van der Waals surface area (Å²) in [5.74, 6) is -0.279. The van der Waals surface area contributed by atoms with E-state index in [4.69, 9.17) is 33.3 Å². The summed E-state index contributed by atoms with van der Waals surface area (Å²) >= 11 is 11.5. The first-order chi connectivity index (χ1) is 14.4. The minimum atomic E-state index is -0.573. The molecule has 1 heterocycles. The molecule has 0 bridgehead atoms. The zero-order chi connectivity index (χ0) is 21.8. The summed E-state index contributed by atoms with van der Waals surface area (Å²) in [7, 11) is 1.49. The summed E-state index contributed by atoms with van der Waals surface area (Å²) in [6.07, 6.45) is 2.33. The molecular weight excluding hydrogens is 424 g/mol. The predicted octanol–water partition coefficient (Wildman–Crippen LogP) is 4.14. The van der Waals surface area contributed by atoms with E-state index in [-0.39, 0.29) is 10.7 Å². The Morgan fingerprint density at radius 3 is 2.47 bits per heavy atom. The molecule has 2 amide bonds. The Kier molecular flexibility index (Phi) is 6.74. The van der Waals surface area contributed by atoms with Crippen molar-refractivity contribution in [2.75, 3.05) is 18.6 Å². The summed E-state index contributed by atoms with van der Waals surface area (Å²) < 4.78 is 10.8. The number of amides is 2. The van der Waals surface area contributed by atoms with E-state index in [2.05, 4.69) is 5.32 Å². The third kappa shape index (κ3) is 4.32. The Bertz CT molecular complexity index is 1030. The fourth-order valence-electron chi connectivity index (χ4n) is 3.07. The van der Waals surface area contributed by atoms with E-state index < -0.39 is 11.8 Å². The largest absolute Gasteiger partial charge is 0.491 e. The fraction of sp³-hybridized carbons (Fsp3) is 0.227. The van der Waals surface area contributed by atoms with Gasteiger partial charge in [0.1, 0.15) is 5.57 Å². The minimum absolute atomic E-state index is 0.0363. The third-order valence-electron chi connectivity index (χ3n) is 4.55. The maximum absolute atomic E-state index is 13.1. The molecule has 2 aromatic rings. The highest BCUT2D eigenvalue weighted by Crippen LogP contribution is 2.37. The number of hydrogen-bond donors (Lipinski definition) is 1. The summed E-state index contributed by atoms with van der Waals surface area (Å²) in [6.45, 7) is 4.28. The van der Waals surface area contributed by atoms with Crippen LogP contribution in [0.3, 0.4) is 0 Å². The molecule has 156 valence electrons. The van der Waals surface area contributed by atoms with Crippen LogP contribution in [0.25, 0.3) is 6.08 Å². The number of nitrogens with one attached hydrogen (secondary N) is 1. The first-order valence-electron chi connectivity index (χ1n) is 9.40. The monoisotopic (exact) mass is 444 g/mol. The molecule has 1 saturated heterocycles. The van der Waals surface area contributed by atoms with Gasteiger partial charge in [0, 0.05) is 0 Å². The lowest BCUT2D eigenvalue weighted by molar-refractivity contribution is -0.122. The fourth-order valence-corrected chi connectivity index (χ4v) is 3.65. The van der Waals surface area contributed by atoms with E-state index in [0.29, 0.717) is 34.4 Å². The van der Waals surface area contributed by atoms with E-state index in [1.54, 1.807) is 24.3 Å². The zero-order valence-electron chi connectivity index (χ0n) is 16.8. The van der Waals surface area contributed by atoms with Crippen LogP contribution in [0, 0.1) is 0 Å². The Labute approximate surface area is 185 Å². The van der Waals surface area contributed by atoms with Crippen LogP contribution in [0.2, 0.25) is 5.02 Å². The molecule has 0 unspecified atom stereocenters. The number of methoxy groups -OCH3 is 1. The normalized spacial score (nSPS) is 15.4. The topological polar surface area (TPSA) is 67.9 Å². The predicted molar refractivity (Wildman–Crippen MR) is 121 cm³/mol. The summed E-state index contributed by atoms with van der Waals surface area (Å²) in [4.78, 5) is 27.0. The Balaban J connectivity index is 2.02. The van der Waals surface area contributed by atoms with Crippen LogP contribution in [0.4, 0.5) is 5.69 Å². The summed E-state index contributed by atoms with van der Waals surface area (Å²) in [6, 6.07) is 10.7. The van der Waals surface area contributed by atoms with Gasteiger partial charge in [0.2, 0.25) is 0 Å². The van der Waals surface area contributed by atoms with Crippen LogP contribution in [0.15, 0.2) is 42.0 Å². The van der Waals surface area contributed by atoms with Crippen molar-refractivity contribution >= 4 is 52.5 Å². The second-order valence-electron chi connectivity index (χ2n) is 6.44. The second kappa shape index (κ2) is 9.28. The lowest BCUT2D eigenvalue weighted by Crippen LogP contribution is -2.54. The van der Waals surface area contributed by atoms with Gasteiger partial charge in [0.05, 0.1) is 24.4 Å². The third-order valence-corrected chi connectivity index (χ3v) is 5.12. The van der Waals surface area contributed by atoms with Crippen LogP contribution >= 0.6 is 23.8 Å². The highest BCUT2D eigenvalue weighted by atomic mass is 35.5. The van der Waals surface area contributed by atoms with Gasteiger partial charge in [0.25, 0.3) is 11.8 Å². The molecule has 1 N–H and O–H groups in total. The number of thiocarbonyl (C=S) groups is 1. The van der Waals surface area contributed by atoms with Crippen molar-refractivity contribution in [1.82, 2.24) is 5.32 Å². The number of carbonyl (C=O) groups is 2. The maximum atomic E-state index is 13.1. The SMILES string of the molecule is CCOc1cc(/C=C2\C(=O)NC(=S)N(c3ccc(CC)cc3)C2=O)cc(Cl)c1OC. The highest BCUT2D eigenvalue weighted by molar-refractivity contribution is 7.80. The number of aryl methyl sites for hydroxylation is 1. The lowest BCUT2D eigenvalue weighted by atomic mass is 10.1. The Morgan fingerprint density at radius 1 is 1.17 bits per heavy atom. The van der Waals surface area contributed by atoms with Gasteiger partial charge in [-0.05, 0) is 67.0 Å². The van der Waals surface area contributed by atoms with Gasteiger partial charge >= 0.3 is 0 Å². The molecule has 0 radical (unpaired) electrons. The Hall–Kier alpha value is -2.90. The molecule has 1 aliphatic heterocycles. The summed E-state index contributed by atoms with van der Waals surface area (Å²) in [5.41, 5.74) is 2.17. The maximum Gasteiger partial charge on any atom is 0.270 e. The van der Waals surface area contributed by atoms with Gasteiger partial charge in [-0.25, -0.2) is 0 Å². The molecule has 0 saturated carbocycles. The van der Waals surface area contributed by atoms with Crippen molar-refractivity contribution in [2.24, 2.45) is 0 Å². The van der Waals surface area contributed by atoms with Gasteiger partial charge in [-0.2, -0.15) is 0 Å². The molecule has 3 rings (SSSR count). The van der Waals surface area contributed by atoms with E-state index in [1.807, 2.05) is 26.0 Å². The molecule has 30 heavy (non-hydrogen) atoms. The zero-order valence-corrected chi connectivity index (χ0v) is 18.4. The van der Waals surface area contributed by atoms with E-state index >= 15 is 0 Å². The van der Waals surface area contributed by atoms with Gasteiger partial charge in [-0.1, -0.05) is 30.7 Å². The van der Waals surface area contributed by atoms with Crippen molar-refractivity contribution in [3.63, 3.8) is 0 Å².